The lowest BCUT2D eigenvalue weighted by Gasteiger charge is -2.10. The summed E-state index contributed by atoms with van der Waals surface area (Å²) in [6.45, 7) is 6.28. The van der Waals surface area contributed by atoms with E-state index in [1.165, 1.54) is 18.4 Å². The van der Waals surface area contributed by atoms with Crippen LogP contribution in [0.4, 0.5) is 10.5 Å². The van der Waals surface area contributed by atoms with E-state index in [-0.39, 0.29) is 6.03 Å². The summed E-state index contributed by atoms with van der Waals surface area (Å²) in [5, 5.41) is 5.71. The number of anilines is 1. The fourth-order valence-electron chi connectivity index (χ4n) is 2.03. The number of carbonyl (C=O) groups is 1. The molecule has 0 bridgehead atoms. The van der Waals surface area contributed by atoms with Gasteiger partial charge in [0, 0.05) is 25.4 Å². The number of hydrogen-bond donors (Lipinski definition) is 2. The minimum atomic E-state index is -0.154. The van der Waals surface area contributed by atoms with Gasteiger partial charge in [-0.3, -0.25) is 0 Å². The highest BCUT2D eigenvalue weighted by atomic mass is 16.5. The third-order valence-corrected chi connectivity index (χ3v) is 3.43. The van der Waals surface area contributed by atoms with Crippen LogP contribution in [-0.2, 0) is 4.74 Å². The van der Waals surface area contributed by atoms with E-state index in [1.54, 1.807) is 0 Å². The fraction of sp³-hybridized carbons (Fsp3) is 0.562. The van der Waals surface area contributed by atoms with Crippen molar-refractivity contribution in [3.05, 3.63) is 29.3 Å². The van der Waals surface area contributed by atoms with Gasteiger partial charge in [0.05, 0.1) is 0 Å². The van der Waals surface area contributed by atoms with Gasteiger partial charge in [-0.05, 0) is 50.7 Å². The van der Waals surface area contributed by atoms with E-state index in [0.717, 1.165) is 36.8 Å². The molecule has 1 fully saturated rings. The van der Waals surface area contributed by atoms with Crippen molar-refractivity contribution in [2.75, 3.05) is 25.1 Å². The zero-order valence-electron chi connectivity index (χ0n) is 12.4. The maximum absolute atomic E-state index is 11.7. The second-order valence-electron chi connectivity index (χ2n) is 5.57. The monoisotopic (exact) mass is 276 g/mol. The lowest BCUT2D eigenvalue weighted by Crippen LogP contribution is -2.30. The Kier molecular flexibility index (Phi) is 5.41. The minimum absolute atomic E-state index is 0.154. The normalized spacial score (nSPS) is 14.1. The Morgan fingerprint density at radius 3 is 2.85 bits per heavy atom. The van der Waals surface area contributed by atoms with Crippen molar-refractivity contribution >= 4 is 11.7 Å². The summed E-state index contributed by atoms with van der Waals surface area (Å²) in [6.07, 6.45) is 3.49. The predicted molar refractivity (Wildman–Crippen MR) is 81.1 cm³/mol. The molecule has 0 aliphatic heterocycles. The van der Waals surface area contributed by atoms with Crippen LogP contribution in [0.3, 0.4) is 0 Å². The Balaban J connectivity index is 1.59. The summed E-state index contributed by atoms with van der Waals surface area (Å²) < 4.78 is 5.52. The fourth-order valence-corrected chi connectivity index (χ4v) is 2.03. The molecule has 20 heavy (non-hydrogen) atoms. The topological polar surface area (TPSA) is 50.4 Å². The molecule has 1 aromatic rings. The SMILES string of the molecule is Cc1ccc(NC(=O)NCCCOCC2CC2)c(C)c1. The van der Waals surface area contributed by atoms with Gasteiger partial charge in [-0.1, -0.05) is 17.7 Å². The maximum Gasteiger partial charge on any atom is 0.319 e. The highest BCUT2D eigenvalue weighted by molar-refractivity contribution is 5.90. The van der Waals surface area contributed by atoms with Gasteiger partial charge in [0.1, 0.15) is 0 Å². The molecule has 1 aliphatic carbocycles. The zero-order chi connectivity index (χ0) is 14.4. The van der Waals surface area contributed by atoms with Crippen LogP contribution in [0, 0.1) is 19.8 Å². The van der Waals surface area contributed by atoms with E-state index in [9.17, 15) is 4.79 Å². The average molecular weight is 276 g/mol. The minimum Gasteiger partial charge on any atom is -0.381 e. The first-order valence-corrected chi connectivity index (χ1v) is 7.35. The molecule has 0 aromatic heterocycles. The van der Waals surface area contributed by atoms with E-state index in [0.29, 0.717) is 6.54 Å². The van der Waals surface area contributed by atoms with Gasteiger partial charge in [-0.25, -0.2) is 4.79 Å². The van der Waals surface area contributed by atoms with Crippen LogP contribution in [0.25, 0.3) is 0 Å². The summed E-state index contributed by atoms with van der Waals surface area (Å²) in [5.74, 6) is 0.802. The lowest BCUT2D eigenvalue weighted by atomic mass is 10.1. The molecule has 4 nitrogen and oxygen atoms in total. The van der Waals surface area contributed by atoms with Crippen LogP contribution in [0.1, 0.15) is 30.4 Å². The molecule has 2 amide bonds. The van der Waals surface area contributed by atoms with E-state index in [4.69, 9.17) is 4.74 Å². The molecule has 4 heteroatoms. The van der Waals surface area contributed by atoms with Crippen LogP contribution in [0.5, 0.6) is 0 Å². The zero-order valence-corrected chi connectivity index (χ0v) is 12.4. The number of carbonyl (C=O) groups excluding carboxylic acids is 1. The smallest absolute Gasteiger partial charge is 0.319 e. The largest absolute Gasteiger partial charge is 0.381 e. The van der Waals surface area contributed by atoms with E-state index in [2.05, 4.69) is 16.7 Å². The van der Waals surface area contributed by atoms with Crippen LogP contribution >= 0.6 is 0 Å². The second kappa shape index (κ2) is 7.29. The number of amides is 2. The molecule has 1 aromatic carbocycles. The molecule has 110 valence electrons. The van der Waals surface area contributed by atoms with E-state index >= 15 is 0 Å². The molecule has 0 unspecified atom stereocenters. The number of aryl methyl sites for hydroxylation is 2. The molecule has 2 rings (SSSR count). The molecule has 0 spiro atoms. The summed E-state index contributed by atoms with van der Waals surface area (Å²) in [5.41, 5.74) is 3.13. The first-order valence-electron chi connectivity index (χ1n) is 7.35. The van der Waals surface area contributed by atoms with Crippen molar-refractivity contribution in [1.29, 1.82) is 0 Å². The Morgan fingerprint density at radius 2 is 2.15 bits per heavy atom. The molecule has 0 atom stereocenters. The Morgan fingerprint density at radius 1 is 1.35 bits per heavy atom. The summed E-state index contributed by atoms with van der Waals surface area (Å²) in [7, 11) is 0. The third kappa shape index (κ3) is 5.21. The van der Waals surface area contributed by atoms with Gasteiger partial charge in [0.25, 0.3) is 0 Å². The van der Waals surface area contributed by atoms with Crippen molar-refractivity contribution in [3.63, 3.8) is 0 Å². The molecule has 0 saturated heterocycles. The number of benzene rings is 1. The first-order chi connectivity index (χ1) is 9.65. The van der Waals surface area contributed by atoms with E-state index in [1.807, 2.05) is 26.0 Å². The van der Waals surface area contributed by atoms with Crippen LogP contribution in [0.15, 0.2) is 18.2 Å². The number of urea groups is 1. The lowest BCUT2D eigenvalue weighted by molar-refractivity contribution is 0.122. The van der Waals surface area contributed by atoms with Gasteiger partial charge in [0.2, 0.25) is 0 Å². The highest BCUT2D eigenvalue weighted by Gasteiger charge is 2.20. The van der Waals surface area contributed by atoms with Crippen molar-refractivity contribution in [2.24, 2.45) is 5.92 Å². The van der Waals surface area contributed by atoms with Crippen molar-refractivity contribution in [1.82, 2.24) is 5.32 Å². The van der Waals surface area contributed by atoms with Crippen LogP contribution in [-0.4, -0.2) is 25.8 Å². The van der Waals surface area contributed by atoms with Gasteiger partial charge >= 0.3 is 6.03 Å². The Hall–Kier alpha value is -1.55. The maximum atomic E-state index is 11.7. The number of rotatable bonds is 7. The third-order valence-electron chi connectivity index (χ3n) is 3.43. The quantitative estimate of drug-likeness (QED) is 0.751. The van der Waals surface area contributed by atoms with Crippen molar-refractivity contribution < 1.29 is 9.53 Å². The standard InChI is InChI=1S/C16H24N2O2/c1-12-4-7-15(13(2)10-12)18-16(19)17-8-3-9-20-11-14-5-6-14/h4,7,10,14H,3,5-6,8-9,11H2,1-2H3,(H2,17,18,19). The molecule has 2 N–H and O–H groups in total. The summed E-state index contributed by atoms with van der Waals surface area (Å²) >= 11 is 0. The Labute approximate surface area is 120 Å². The number of nitrogens with one attached hydrogen (secondary N) is 2. The highest BCUT2D eigenvalue weighted by Crippen LogP contribution is 2.28. The van der Waals surface area contributed by atoms with Crippen LogP contribution in [0.2, 0.25) is 0 Å². The van der Waals surface area contributed by atoms with Crippen molar-refractivity contribution in [3.8, 4) is 0 Å². The molecule has 0 heterocycles. The average Bonchev–Trinajstić information content (AvgIpc) is 3.21. The van der Waals surface area contributed by atoms with Gasteiger partial charge in [-0.15, -0.1) is 0 Å². The second-order valence-corrected chi connectivity index (χ2v) is 5.57. The molecule has 0 radical (unpaired) electrons. The number of hydrogen-bond acceptors (Lipinski definition) is 2. The van der Waals surface area contributed by atoms with E-state index < -0.39 is 0 Å². The van der Waals surface area contributed by atoms with Crippen LogP contribution < -0.4 is 10.6 Å². The van der Waals surface area contributed by atoms with Gasteiger partial charge in [-0.2, -0.15) is 0 Å². The number of ether oxygens (including phenoxy) is 1. The molecular formula is C16H24N2O2. The Bertz CT molecular complexity index is 456. The summed E-state index contributed by atoms with van der Waals surface area (Å²) in [4.78, 5) is 11.7. The van der Waals surface area contributed by atoms with Gasteiger partial charge in [0.15, 0.2) is 0 Å². The van der Waals surface area contributed by atoms with Gasteiger partial charge < -0.3 is 15.4 Å². The summed E-state index contributed by atoms with van der Waals surface area (Å²) in [6, 6.07) is 5.83. The van der Waals surface area contributed by atoms with Crippen molar-refractivity contribution in [2.45, 2.75) is 33.1 Å². The predicted octanol–water partition coefficient (Wildman–Crippen LogP) is 3.24. The first kappa shape index (κ1) is 14.9. The molecule has 1 saturated carbocycles. The molecule has 1 aliphatic rings. The molecular weight excluding hydrogens is 252 g/mol.